The normalized spacial score (nSPS) is 12.5. The number of nitrogens with one attached hydrogen (secondary N) is 1. The minimum atomic E-state index is -4.58. The smallest absolute Gasteiger partial charge is 0.271 e. The summed E-state index contributed by atoms with van der Waals surface area (Å²) in [7, 11) is -3.91. The second-order valence-electron chi connectivity index (χ2n) is 4.89. The molecule has 0 spiro atoms. The van der Waals surface area contributed by atoms with Crippen LogP contribution in [0.1, 0.15) is 11.3 Å². The van der Waals surface area contributed by atoms with Crippen LogP contribution in [-0.4, -0.2) is 24.7 Å². The molecule has 2 aromatic rings. The van der Waals surface area contributed by atoms with Gasteiger partial charge in [-0.25, -0.2) is 21.9 Å². The maximum atomic E-state index is 13.0. The molecule has 0 unspecified atom stereocenters. The summed E-state index contributed by atoms with van der Waals surface area (Å²) in [4.78, 5) is 0. The van der Waals surface area contributed by atoms with Crippen LogP contribution in [0.2, 0.25) is 0 Å². The number of benzene rings is 1. The molecular formula is C13H12F5N3O2S. The number of aromatic nitrogens is 2. The predicted octanol–water partition coefficient (Wildman–Crippen LogP) is 2.30. The lowest BCUT2D eigenvalue weighted by atomic mass is 10.2. The minimum Gasteiger partial charge on any atom is -0.271 e. The van der Waals surface area contributed by atoms with E-state index in [1.807, 2.05) is 0 Å². The fourth-order valence-electron chi connectivity index (χ4n) is 1.92. The van der Waals surface area contributed by atoms with E-state index in [1.165, 1.54) is 0 Å². The van der Waals surface area contributed by atoms with Crippen LogP contribution in [-0.2, 0) is 28.5 Å². The SMILES string of the molecule is O=S(=O)(Cc1cc(F)cc(F)c1)NCCn1ccc(C(F)(F)F)n1. The van der Waals surface area contributed by atoms with Crippen LogP contribution in [0.15, 0.2) is 30.5 Å². The number of hydrogen-bond acceptors (Lipinski definition) is 3. The van der Waals surface area contributed by atoms with Crippen molar-refractivity contribution in [3.63, 3.8) is 0 Å². The molecule has 0 saturated heterocycles. The van der Waals surface area contributed by atoms with Crippen LogP contribution in [0, 0.1) is 11.6 Å². The molecule has 0 amide bonds. The standard InChI is InChI=1S/C13H12F5N3O2S/c14-10-5-9(6-11(15)7-10)8-24(22,23)19-2-4-21-3-1-12(20-21)13(16,17)18/h1,3,5-7,19H,2,4,8H2. The van der Waals surface area contributed by atoms with Crippen molar-refractivity contribution in [2.45, 2.75) is 18.5 Å². The Kier molecular flexibility index (Phi) is 5.23. The van der Waals surface area contributed by atoms with Gasteiger partial charge in [0.1, 0.15) is 11.6 Å². The average molecular weight is 369 g/mol. The Morgan fingerprint density at radius 2 is 1.75 bits per heavy atom. The second-order valence-corrected chi connectivity index (χ2v) is 6.70. The average Bonchev–Trinajstić information content (AvgIpc) is 2.85. The first-order chi connectivity index (χ1) is 11.0. The number of sulfonamides is 1. The molecule has 0 saturated carbocycles. The van der Waals surface area contributed by atoms with Crippen LogP contribution in [0.25, 0.3) is 0 Å². The highest BCUT2D eigenvalue weighted by Gasteiger charge is 2.33. The van der Waals surface area contributed by atoms with Gasteiger partial charge in [0.25, 0.3) is 0 Å². The van der Waals surface area contributed by atoms with Gasteiger partial charge in [0.05, 0.1) is 12.3 Å². The Morgan fingerprint density at radius 3 is 2.29 bits per heavy atom. The molecule has 1 N–H and O–H groups in total. The summed E-state index contributed by atoms with van der Waals surface area (Å²) >= 11 is 0. The highest BCUT2D eigenvalue weighted by molar-refractivity contribution is 7.88. The molecule has 2 rings (SSSR count). The van der Waals surface area contributed by atoms with Crippen LogP contribution >= 0.6 is 0 Å². The summed E-state index contributed by atoms with van der Waals surface area (Å²) in [6, 6.07) is 3.14. The van der Waals surface area contributed by atoms with Gasteiger partial charge in [0.2, 0.25) is 10.0 Å². The van der Waals surface area contributed by atoms with Gasteiger partial charge in [0.15, 0.2) is 5.69 Å². The van der Waals surface area contributed by atoms with E-state index in [2.05, 4.69) is 9.82 Å². The lowest BCUT2D eigenvalue weighted by Crippen LogP contribution is -2.29. The molecule has 0 aliphatic rings. The molecule has 0 bridgehead atoms. The topological polar surface area (TPSA) is 64.0 Å². The van der Waals surface area contributed by atoms with Gasteiger partial charge in [-0.05, 0) is 23.8 Å². The third-order valence-electron chi connectivity index (χ3n) is 2.87. The lowest BCUT2D eigenvalue weighted by Gasteiger charge is -2.08. The number of halogens is 5. The zero-order valence-corrected chi connectivity index (χ0v) is 12.8. The van der Waals surface area contributed by atoms with E-state index in [1.54, 1.807) is 0 Å². The Balaban J connectivity index is 1.92. The predicted molar refractivity (Wildman–Crippen MR) is 74.2 cm³/mol. The first-order valence-electron chi connectivity index (χ1n) is 6.58. The van der Waals surface area contributed by atoms with E-state index in [0.29, 0.717) is 6.07 Å². The van der Waals surface area contributed by atoms with E-state index < -0.39 is 39.3 Å². The third-order valence-corrected chi connectivity index (χ3v) is 4.23. The molecule has 11 heteroatoms. The summed E-state index contributed by atoms with van der Waals surface area (Å²) in [6.45, 7) is -0.355. The molecule has 0 atom stereocenters. The number of alkyl halides is 3. The van der Waals surface area contributed by atoms with Gasteiger partial charge in [-0.3, -0.25) is 4.68 Å². The quantitative estimate of drug-likeness (QED) is 0.795. The first kappa shape index (κ1) is 18.3. The van der Waals surface area contributed by atoms with Crippen molar-refractivity contribution in [1.29, 1.82) is 0 Å². The van der Waals surface area contributed by atoms with Crippen LogP contribution in [0.3, 0.4) is 0 Å². The molecule has 132 valence electrons. The van der Waals surface area contributed by atoms with E-state index in [4.69, 9.17) is 0 Å². The molecule has 0 aliphatic heterocycles. The number of rotatable bonds is 6. The highest BCUT2D eigenvalue weighted by atomic mass is 32.2. The van der Waals surface area contributed by atoms with Gasteiger partial charge >= 0.3 is 6.18 Å². The van der Waals surface area contributed by atoms with E-state index in [0.717, 1.165) is 29.1 Å². The summed E-state index contributed by atoms with van der Waals surface area (Å²) in [5.41, 5.74) is -1.17. The van der Waals surface area contributed by atoms with Crippen molar-refractivity contribution in [3.05, 3.63) is 53.4 Å². The van der Waals surface area contributed by atoms with E-state index in [-0.39, 0.29) is 18.7 Å². The molecule has 0 aliphatic carbocycles. The van der Waals surface area contributed by atoms with E-state index in [9.17, 15) is 30.4 Å². The Labute approximate surface area is 134 Å². The monoisotopic (exact) mass is 369 g/mol. The zero-order valence-electron chi connectivity index (χ0n) is 12.0. The first-order valence-corrected chi connectivity index (χ1v) is 8.23. The van der Waals surface area contributed by atoms with Gasteiger partial charge in [-0.1, -0.05) is 0 Å². The van der Waals surface area contributed by atoms with Crippen LogP contribution in [0.4, 0.5) is 22.0 Å². The lowest BCUT2D eigenvalue weighted by molar-refractivity contribution is -0.141. The zero-order chi connectivity index (χ0) is 18.0. The summed E-state index contributed by atoms with van der Waals surface area (Å²) < 4.78 is 89.8. The Morgan fingerprint density at radius 1 is 1.12 bits per heavy atom. The van der Waals surface area contributed by atoms with Crippen molar-refractivity contribution in [2.75, 3.05) is 6.54 Å². The van der Waals surface area contributed by atoms with Crippen molar-refractivity contribution < 1.29 is 30.4 Å². The summed E-state index contributed by atoms with van der Waals surface area (Å²) in [6.07, 6.45) is -3.51. The number of hydrogen-bond donors (Lipinski definition) is 1. The van der Waals surface area contributed by atoms with Crippen molar-refractivity contribution >= 4 is 10.0 Å². The van der Waals surface area contributed by atoms with Crippen LogP contribution in [0.5, 0.6) is 0 Å². The maximum Gasteiger partial charge on any atom is 0.435 e. The van der Waals surface area contributed by atoms with Gasteiger partial charge in [-0.15, -0.1) is 0 Å². The maximum absolute atomic E-state index is 13.0. The van der Waals surface area contributed by atoms with Crippen molar-refractivity contribution in [3.8, 4) is 0 Å². The van der Waals surface area contributed by atoms with Gasteiger partial charge in [-0.2, -0.15) is 18.3 Å². The Bertz CT molecular complexity index is 797. The molecule has 1 heterocycles. The second kappa shape index (κ2) is 6.85. The fraction of sp³-hybridized carbons (Fsp3) is 0.308. The van der Waals surface area contributed by atoms with Gasteiger partial charge < -0.3 is 0 Å². The molecule has 1 aromatic carbocycles. The number of nitrogens with zero attached hydrogens (tertiary/aromatic N) is 2. The van der Waals surface area contributed by atoms with Gasteiger partial charge in [0, 0.05) is 18.8 Å². The van der Waals surface area contributed by atoms with Crippen molar-refractivity contribution in [1.82, 2.24) is 14.5 Å². The summed E-state index contributed by atoms with van der Waals surface area (Å²) in [5.74, 6) is -2.47. The van der Waals surface area contributed by atoms with Crippen LogP contribution < -0.4 is 4.72 Å². The van der Waals surface area contributed by atoms with Crippen molar-refractivity contribution in [2.24, 2.45) is 0 Å². The highest BCUT2D eigenvalue weighted by Crippen LogP contribution is 2.27. The molecule has 0 fully saturated rings. The third kappa shape index (κ3) is 5.27. The Hall–Kier alpha value is -2.01. The fourth-order valence-corrected chi connectivity index (χ4v) is 3.03. The summed E-state index contributed by atoms with van der Waals surface area (Å²) in [5, 5.41) is 3.27. The molecule has 0 radical (unpaired) electrons. The minimum absolute atomic E-state index is 0.0848. The molecule has 1 aromatic heterocycles. The largest absolute Gasteiger partial charge is 0.435 e. The molecule has 24 heavy (non-hydrogen) atoms. The molecule has 5 nitrogen and oxygen atoms in total. The molecular weight excluding hydrogens is 357 g/mol. The van der Waals surface area contributed by atoms with E-state index >= 15 is 0 Å².